The molecule has 0 saturated heterocycles. The molecule has 1 heterocycles. The second-order valence-electron chi connectivity index (χ2n) is 3.97. The molecular weight excluding hydrogens is 286 g/mol. The number of hydrogen-bond donors (Lipinski definition) is 0. The van der Waals surface area contributed by atoms with Gasteiger partial charge in [-0.25, -0.2) is 9.37 Å². The number of fused-ring (bicyclic) bond motifs is 1. The minimum atomic E-state index is -1.08. The molecule has 0 amide bonds. The van der Waals surface area contributed by atoms with E-state index in [0.29, 0.717) is 10.9 Å². The lowest BCUT2D eigenvalue weighted by molar-refractivity contribution is 0.408. The van der Waals surface area contributed by atoms with Gasteiger partial charge in [0.15, 0.2) is 11.6 Å². The zero-order valence-electron chi connectivity index (χ0n) is 9.98. The van der Waals surface area contributed by atoms with Gasteiger partial charge in [-0.3, -0.25) is 0 Å². The lowest BCUT2D eigenvalue weighted by Crippen LogP contribution is -1.96. The van der Waals surface area contributed by atoms with Crippen LogP contribution in [0.3, 0.4) is 0 Å². The van der Waals surface area contributed by atoms with Crippen LogP contribution in [0, 0.1) is 11.6 Å². The van der Waals surface area contributed by atoms with Gasteiger partial charge in [0, 0.05) is 0 Å². The first-order chi connectivity index (χ1) is 9.65. The Hall–Kier alpha value is -2.27. The van der Waals surface area contributed by atoms with Crippen molar-refractivity contribution in [3.05, 3.63) is 59.4 Å². The highest BCUT2D eigenvalue weighted by molar-refractivity contribution is 6.28. The van der Waals surface area contributed by atoms with Gasteiger partial charge < -0.3 is 4.74 Å². The average molecular weight is 293 g/mol. The summed E-state index contributed by atoms with van der Waals surface area (Å²) in [6.45, 7) is 0. The molecular formula is C14H7ClF2N2O. The molecule has 0 saturated carbocycles. The van der Waals surface area contributed by atoms with E-state index in [1.54, 1.807) is 24.3 Å². The fraction of sp³-hybridized carbons (Fsp3) is 0. The first-order valence-electron chi connectivity index (χ1n) is 5.69. The summed E-state index contributed by atoms with van der Waals surface area (Å²) in [6.07, 6.45) is 0. The molecule has 100 valence electrons. The topological polar surface area (TPSA) is 35.0 Å². The Balaban J connectivity index is 2.13. The van der Waals surface area contributed by atoms with Crippen molar-refractivity contribution in [1.82, 2.24) is 9.97 Å². The van der Waals surface area contributed by atoms with E-state index in [2.05, 4.69) is 9.97 Å². The first-order valence-corrected chi connectivity index (χ1v) is 6.07. The van der Waals surface area contributed by atoms with Crippen LogP contribution in [-0.2, 0) is 0 Å². The fourth-order valence-electron chi connectivity index (χ4n) is 1.77. The summed E-state index contributed by atoms with van der Waals surface area (Å²) in [5, 5.41) is 0.524. The van der Waals surface area contributed by atoms with Gasteiger partial charge in [0.25, 0.3) is 0 Å². The lowest BCUT2D eigenvalue weighted by Gasteiger charge is -2.08. The van der Waals surface area contributed by atoms with Crippen molar-refractivity contribution < 1.29 is 13.5 Å². The van der Waals surface area contributed by atoms with Crippen LogP contribution in [0.25, 0.3) is 10.9 Å². The minimum absolute atomic E-state index is 0.0319. The van der Waals surface area contributed by atoms with Gasteiger partial charge in [-0.1, -0.05) is 18.2 Å². The minimum Gasteiger partial charge on any atom is -0.435 e. The van der Waals surface area contributed by atoms with Crippen LogP contribution in [0.15, 0.2) is 42.5 Å². The highest BCUT2D eigenvalue weighted by Crippen LogP contribution is 2.30. The van der Waals surface area contributed by atoms with Crippen molar-refractivity contribution in [2.75, 3.05) is 0 Å². The Morgan fingerprint density at radius 1 is 0.950 bits per heavy atom. The molecule has 1 aromatic heterocycles. The van der Waals surface area contributed by atoms with Crippen molar-refractivity contribution in [1.29, 1.82) is 0 Å². The zero-order valence-corrected chi connectivity index (χ0v) is 10.7. The summed E-state index contributed by atoms with van der Waals surface area (Å²) in [5.74, 6) is -2.26. The maximum atomic E-state index is 13.6. The van der Waals surface area contributed by atoms with E-state index in [1.165, 1.54) is 12.1 Å². The molecule has 0 bridgehead atoms. The largest absolute Gasteiger partial charge is 0.435 e. The SMILES string of the molecule is Fc1cccc(Oc2nc(Cl)nc3ccccc23)c1F. The Morgan fingerprint density at radius 3 is 2.60 bits per heavy atom. The molecule has 0 fully saturated rings. The highest BCUT2D eigenvalue weighted by Gasteiger charge is 2.13. The van der Waals surface area contributed by atoms with Gasteiger partial charge in [0.05, 0.1) is 10.9 Å². The van der Waals surface area contributed by atoms with Crippen LogP contribution >= 0.6 is 11.6 Å². The maximum absolute atomic E-state index is 13.6. The summed E-state index contributed by atoms with van der Waals surface area (Å²) in [5.41, 5.74) is 0.555. The first kappa shape index (κ1) is 12.7. The molecule has 6 heteroatoms. The van der Waals surface area contributed by atoms with Crippen molar-refractivity contribution in [3.8, 4) is 11.6 Å². The third kappa shape index (κ3) is 2.28. The van der Waals surface area contributed by atoms with E-state index < -0.39 is 11.6 Å². The number of hydrogen-bond acceptors (Lipinski definition) is 3. The number of aromatic nitrogens is 2. The predicted molar refractivity (Wildman–Crippen MR) is 71.0 cm³/mol. The second-order valence-corrected chi connectivity index (χ2v) is 4.31. The summed E-state index contributed by atoms with van der Waals surface area (Å²) in [4.78, 5) is 7.93. The maximum Gasteiger partial charge on any atom is 0.231 e. The third-order valence-electron chi connectivity index (χ3n) is 2.66. The predicted octanol–water partition coefficient (Wildman–Crippen LogP) is 4.35. The van der Waals surface area contributed by atoms with E-state index in [4.69, 9.17) is 16.3 Å². The number of halogens is 3. The molecule has 0 atom stereocenters. The summed E-state index contributed by atoms with van der Waals surface area (Å²) < 4.78 is 32.1. The van der Waals surface area contributed by atoms with Gasteiger partial charge >= 0.3 is 0 Å². The van der Waals surface area contributed by atoms with Crippen LogP contribution < -0.4 is 4.74 Å². The molecule has 0 N–H and O–H groups in total. The van der Waals surface area contributed by atoms with Crippen LogP contribution in [-0.4, -0.2) is 9.97 Å². The summed E-state index contributed by atoms with van der Waals surface area (Å²) >= 11 is 5.79. The molecule has 2 aromatic carbocycles. The summed E-state index contributed by atoms with van der Waals surface area (Å²) in [7, 11) is 0. The van der Waals surface area contributed by atoms with Crippen LogP contribution in [0.4, 0.5) is 8.78 Å². The molecule has 0 aliphatic carbocycles. The fourth-order valence-corrected chi connectivity index (χ4v) is 1.93. The highest BCUT2D eigenvalue weighted by atomic mass is 35.5. The average Bonchev–Trinajstić information content (AvgIpc) is 2.43. The zero-order chi connectivity index (χ0) is 14.1. The molecule has 0 unspecified atom stereocenters. The number of benzene rings is 2. The standard InChI is InChI=1S/C14H7ClF2N2O/c15-14-18-10-6-2-1-4-8(10)13(19-14)20-11-7-3-5-9(16)12(11)17/h1-7H. The molecule has 0 aliphatic heterocycles. The Kier molecular flexibility index (Phi) is 3.20. The smallest absolute Gasteiger partial charge is 0.231 e. The van der Waals surface area contributed by atoms with Gasteiger partial charge in [-0.15, -0.1) is 0 Å². The Morgan fingerprint density at radius 2 is 1.75 bits per heavy atom. The molecule has 20 heavy (non-hydrogen) atoms. The van der Waals surface area contributed by atoms with Crippen molar-refractivity contribution >= 4 is 22.5 Å². The van der Waals surface area contributed by atoms with Crippen LogP contribution in [0.1, 0.15) is 0 Å². The molecule has 0 spiro atoms. The Labute approximate surface area is 117 Å². The van der Waals surface area contributed by atoms with E-state index in [1.807, 2.05) is 0 Å². The molecule has 0 aliphatic rings. The lowest BCUT2D eigenvalue weighted by atomic mass is 10.2. The van der Waals surface area contributed by atoms with Crippen molar-refractivity contribution in [2.24, 2.45) is 0 Å². The number of ether oxygens (including phenoxy) is 1. The van der Waals surface area contributed by atoms with Crippen molar-refractivity contribution in [3.63, 3.8) is 0 Å². The van der Waals surface area contributed by atoms with Gasteiger partial charge in [-0.05, 0) is 35.9 Å². The molecule has 3 aromatic rings. The van der Waals surface area contributed by atoms with E-state index >= 15 is 0 Å². The molecule has 3 rings (SSSR count). The monoisotopic (exact) mass is 292 g/mol. The molecule has 3 nitrogen and oxygen atoms in total. The Bertz CT molecular complexity index is 795. The van der Waals surface area contributed by atoms with Crippen LogP contribution in [0.2, 0.25) is 5.28 Å². The third-order valence-corrected chi connectivity index (χ3v) is 2.83. The van der Waals surface area contributed by atoms with E-state index in [-0.39, 0.29) is 16.9 Å². The van der Waals surface area contributed by atoms with Crippen molar-refractivity contribution in [2.45, 2.75) is 0 Å². The second kappa shape index (κ2) is 5.02. The van der Waals surface area contributed by atoms with Gasteiger partial charge in [0.1, 0.15) is 0 Å². The molecule has 0 radical (unpaired) electrons. The summed E-state index contributed by atoms with van der Waals surface area (Å²) in [6, 6.07) is 10.6. The normalized spacial score (nSPS) is 10.8. The van der Waals surface area contributed by atoms with E-state index in [9.17, 15) is 8.78 Å². The van der Waals surface area contributed by atoms with Gasteiger partial charge in [-0.2, -0.15) is 9.37 Å². The number of rotatable bonds is 2. The number of nitrogens with zero attached hydrogens (tertiary/aromatic N) is 2. The van der Waals surface area contributed by atoms with Crippen LogP contribution in [0.5, 0.6) is 11.6 Å². The van der Waals surface area contributed by atoms with Gasteiger partial charge in [0.2, 0.25) is 17.0 Å². The number of para-hydroxylation sites is 1. The van der Waals surface area contributed by atoms with E-state index in [0.717, 1.165) is 6.07 Å². The quantitative estimate of drug-likeness (QED) is 0.659.